The van der Waals surface area contributed by atoms with Gasteiger partial charge in [-0.05, 0) is 113 Å². The molecule has 0 heterocycles. The molecular weight excluding hydrogens is 733 g/mol. The third-order valence-corrected chi connectivity index (χ3v) is 10.5. The molecule has 0 unspecified atom stereocenters. The van der Waals surface area contributed by atoms with Crippen LogP contribution in [0.3, 0.4) is 0 Å². The standard InChI is InChI=1S/C38H36N6O8S2/c1-3-5-24-15-21(8-13-31(24)41-43-35-34(54(50,51)52)19-26-17-27(39)11-12-29(26)37(35)45)22-9-14-32(25(16-22)6-4-2)42-44-36-33(53(47,48)49)18-23-7-10-28(40)20-30(23)38(36)46/h7-20,45-46H,3-6,39-40H2,1-2H3,(H,47,48,49)(H,50,51,52). The van der Waals surface area contributed by atoms with Crippen molar-refractivity contribution >= 4 is 75.9 Å². The summed E-state index contributed by atoms with van der Waals surface area (Å²) in [4.78, 5) is -1.23. The van der Waals surface area contributed by atoms with Gasteiger partial charge in [0.05, 0.1) is 11.4 Å². The molecule has 0 fully saturated rings. The number of nitrogens with zero attached hydrogens (tertiary/aromatic N) is 4. The van der Waals surface area contributed by atoms with Crippen molar-refractivity contribution in [1.29, 1.82) is 0 Å². The molecule has 54 heavy (non-hydrogen) atoms. The van der Waals surface area contributed by atoms with E-state index >= 15 is 0 Å². The summed E-state index contributed by atoms with van der Waals surface area (Å²) in [6.07, 6.45) is 2.65. The van der Waals surface area contributed by atoms with Gasteiger partial charge < -0.3 is 21.7 Å². The lowest BCUT2D eigenvalue weighted by Gasteiger charge is -2.12. The van der Waals surface area contributed by atoms with Gasteiger partial charge in [-0.25, -0.2) is 0 Å². The van der Waals surface area contributed by atoms with Crippen LogP contribution in [0.25, 0.3) is 32.7 Å². The molecule has 0 aromatic heterocycles. The minimum Gasteiger partial charge on any atom is -0.505 e. The van der Waals surface area contributed by atoms with Crippen molar-refractivity contribution < 1.29 is 36.2 Å². The normalized spacial score (nSPS) is 12.4. The zero-order valence-corrected chi connectivity index (χ0v) is 30.7. The van der Waals surface area contributed by atoms with Gasteiger partial charge in [0.1, 0.15) is 21.2 Å². The smallest absolute Gasteiger partial charge is 0.296 e. The molecule has 0 aliphatic rings. The van der Waals surface area contributed by atoms with Gasteiger partial charge in [-0.2, -0.15) is 27.1 Å². The van der Waals surface area contributed by atoms with Crippen LogP contribution in [0, 0.1) is 0 Å². The lowest BCUT2D eigenvalue weighted by molar-refractivity contribution is 0.471. The number of fused-ring (bicyclic) bond motifs is 2. The number of benzene rings is 6. The summed E-state index contributed by atoms with van der Waals surface area (Å²) in [6.45, 7) is 3.97. The first kappa shape index (κ1) is 37.8. The first-order valence-corrected chi connectivity index (χ1v) is 19.6. The van der Waals surface area contributed by atoms with Gasteiger partial charge in [0.2, 0.25) is 0 Å². The van der Waals surface area contributed by atoms with Crippen molar-refractivity contribution in [3.63, 3.8) is 0 Å². The SMILES string of the molecule is CCCc1cc(-c2ccc(N=Nc3c(S(=O)(=O)O)cc4ccc(N)cc4c3O)c(CCC)c2)ccc1N=Nc1c(S(=O)(=O)O)cc2cc(N)ccc2c1O. The molecule has 0 amide bonds. The van der Waals surface area contributed by atoms with E-state index in [1.165, 1.54) is 42.5 Å². The minimum atomic E-state index is -4.81. The minimum absolute atomic E-state index is 0.241. The molecular formula is C38H36N6O8S2. The van der Waals surface area contributed by atoms with Crippen LogP contribution >= 0.6 is 0 Å². The van der Waals surface area contributed by atoms with Gasteiger partial charge in [-0.3, -0.25) is 9.11 Å². The highest BCUT2D eigenvalue weighted by atomic mass is 32.2. The Kier molecular flexibility index (Phi) is 10.4. The topological polar surface area (TPSA) is 251 Å². The molecule has 0 spiro atoms. The number of phenolic OH excluding ortho intramolecular Hbond substituents is 2. The monoisotopic (exact) mass is 768 g/mol. The quantitative estimate of drug-likeness (QED) is 0.0413. The maximum absolute atomic E-state index is 12.3. The number of aryl methyl sites for hydroxylation is 2. The van der Waals surface area contributed by atoms with Crippen LogP contribution in [-0.2, 0) is 33.1 Å². The molecule has 0 saturated heterocycles. The molecule has 0 saturated carbocycles. The summed E-state index contributed by atoms with van der Waals surface area (Å²) in [5.74, 6) is -0.978. The molecule has 6 aromatic rings. The van der Waals surface area contributed by atoms with Crippen LogP contribution in [0.5, 0.6) is 11.5 Å². The molecule has 6 rings (SSSR count). The highest BCUT2D eigenvalue weighted by Gasteiger charge is 2.24. The van der Waals surface area contributed by atoms with Gasteiger partial charge in [0.15, 0.2) is 11.5 Å². The molecule has 6 aromatic carbocycles. The van der Waals surface area contributed by atoms with E-state index in [4.69, 9.17) is 11.5 Å². The fourth-order valence-corrected chi connectivity index (χ4v) is 7.50. The van der Waals surface area contributed by atoms with Gasteiger partial charge in [0, 0.05) is 22.1 Å². The third-order valence-electron chi connectivity index (χ3n) is 8.75. The number of hydrogen-bond donors (Lipinski definition) is 6. The van der Waals surface area contributed by atoms with Crippen molar-refractivity contribution in [3.05, 3.63) is 96.1 Å². The zero-order valence-electron chi connectivity index (χ0n) is 29.1. The average molecular weight is 769 g/mol. The van der Waals surface area contributed by atoms with Crippen molar-refractivity contribution in [1.82, 2.24) is 0 Å². The number of aromatic hydroxyl groups is 2. The number of nitrogen functional groups attached to an aromatic ring is 2. The summed E-state index contributed by atoms with van der Waals surface area (Å²) in [5, 5.41) is 40.0. The van der Waals surface area contributed by atoms with Crippen LogP contribution in [0.15, 0.2) is 115 Å². The second-order valence-electron chi connectivity index (χ2n) is 12.6. The van der Waals surface area contributed by atoms with E-state index in [-0.39, 0.29) is 10.8 Å². The maximum atomic E-state index is 12.3. The van der Waals surface area contributed by atoms with Crippen LogP contribution in [0.4, 0.5) is 34.1 Å². The molecule has 0 bridgehead atoms. The molecule has 0 atom stereocenters. The van der Waals surface area contributed by atoms with Crippen molar-refractivity contribution in [2.24, 2.45) is 20.5 Å². The number of anilines is 2. The van der Waals surface area contributed by atoms with Crippen LogP contribution in [0.1, 0.15) is 37.8 Å². The summed E-state index contributed by atoms with van der Waals surface area (Å²) in [5.41, 5.74) is 15.6. The van der Waals surface area contributed by atoms with E-state index in [1.54, 1.807) is 18.2 Å². The Hall–Kier alpha value is -5.94. The number of azo groups is 2. The Bertz CT molecular complexity index is 2750. The van der Waals surface area contributed by atoms with Crippen LogP contribution in [-0.4, -0.2) is 36.2 Å². The van der Waals surface area contributed by atoms with E-state index in [0.29, 0.717) is 46.4 Å². The maximum Gasteiger partial charge on any atom is 0.296 e. The lowest BCUT2D eigenvalue weighted by atomic mass is 9.96. The van der Waals surface area contributed by atoms with Crippen molar-refractivity contribution in [2.45, 2.75) is 49.3 Å². The molecule has 0 aliphatic heterocycles. The largest absolute Gasteiger partial charge is 0.505 e. The van der Waals surface area contributed by atoms with Gasteiger partial charge in [-0.15, -0.1) is 10.2 Å². The Balaban J connectivity index is 1.38. The van der Waals surface area contributed by atoms with Crippen LogP contribution in [0.2, 0.25) is 0 Å². The summed E-state index contributed by atoms with van der Waals surface area (Å²) >= 11 is 0. The number of nitrogens with two attached hydrogens (primary N) is 2. The molecule has 0 radical (unpaired) electrons. The fraction of sp³-hybridized carbons (Fsp3) is 0.158. The highest BCUT2D eigenvalue weighted by molar-refractivity contribution is 7.86. The molecule has 278 valence electrons. The zero-order chi connectivity index (χ0) is 38.9. The first-order valence-electron chi connectivity index (χ1n) is 16.7. The molecule has 8 N–H and O–H groups in total. The molecule has 14 nitrogen and oxygen atoms in total. The predicted octanol–water partition coefficient (Wildman–Crippen LogP) is 9.46. The molecule has 0 aliphatic carbocycles. The lowest BCUT2D eigenvalue weighted by Crippen LogP contribution is -1.99. The van der Waals surface area contributed by atoms with E-state index < -0.39 is 52.9 Å². The Morgan fingerprint density at radius 1 is 0.537 bits per heavy atom. The van der Waals surface area contributed by atoms with Crippen LogP contribution < -0.4 is 11.5 Å². The second kappa shape index (κ2) is 14.8. The summed E-state index contributed by atoms with van der Waals surface area (Å²) in [6, 6.07) is 22.3. The average Bonchev–Trinajstić information content (AvgIpc) is 3.11. The summed E-state index contributed by atoms with van der Waals surface area (Å²) in [7, 11) is -9.60. The van der Waals surface area contributed by atoms with E-state index in [9.17, 15) is 36.2 Å². The Labute approximate surface area is 311 Å². The van der Waals surface area contributed by atoms with E-state index in [2.05, 4.69) is 20.5 Å². The van der Waals surface area contributed by atoms with Gasteiger partial charge in [-0.1, -0.05) is 44.9 Å². The van der Waals surface area contributed by atoms with Crippen molar-refractivity contribution in [3.8, 4) is 22.6 Å². The predicted molar refractivity (Wildman–Crippen MR) is 208 cm³/mol. The fourth-order valence-electron chi connectivity index (χ4n) is 6.19. The van der Waals surface area contributed by atoms with Gasteiger partial charge in [0.25, 0.3) is 20.2 Å². The molecule has 16 heteroatoms. The Morgan fingerprint density at radius 3 is 1.50 bits per heavy atom. The number of rotatable bonds is 11. The number of hydrogen-bond acceptors (Lipinski definition) is 12. The first-order chi connectivity index (χ1) is 25.6. The van der Waals surface area contributed by atoms with Gasteiger partial charge >= 0.3 is 0 Å². The van der Waals surface area contributed by atoms with Crippen molar-refractivity contribution in [2.75, 3.05) is 11.5 Å². The third kappa shape index (κ3) is 7.72. The van der Waals surface area contributed by atoms with E-state index in [0.717, 1.165) is 35.1 Å². The summed E-state index contributed by atoms with van der Waals surface area (Å²) < 4.78 is 69.1. The second-order valence-corrected chi connectivity index (χ2v) is 15.4. The number of phenols is 2. The van der Waals surface area contributed by atoms with E-state index in [1.807, 2.05) is 38.1 Å². The highest BCUT2D eigenvalue weighted by Crippen LogP contribution is 2.44. The Morgan fingerprint density at radius 2 is 1.00 bits per heavy atom.